The van der Waals surface area contributed by atoms with E-state index in [9.17, 15) is 0 Å². The van der Waals surface area contributed by atoms with E-state index in [2.05, 4.69) is 12.0 Å². The van der Waals surface area contributed by atoms with Crippen LogP contribution in [-0.4, -0.2) is 19.3 Å². The standard InChI is InChI=1S/C8H16N2O/c1-2-8(10-9)7-4-3-5-11-6-7/h2,7-8,10H,1,3-6,9H2. The third-order valence-corrected chi connectivity index (χ3v) is 2.15. The third-order valence-electron chi connectivity index (χ3n) is 2.15. The molecule has 0 saturated carbocycles. The predicted octanol–water partition coefficient (Wildman–Crippen LogP) is 0.431. The lowest BCUT2D eigenvalue weighted by atomic mass is 9.94. The van der Waals surface area contributed by atoms with Gasteiger partial charge in [-0.3, -0.25) is 11.3 Å². The van der Waals surface area contributed by atoms with Crippen LogP contribution in [0.2, 0.25) is 0 Å². The van der Waals surface area contributed by atoms with Gasteiger partial charge in [0.15, 0.2) is 0 Å². The van der Waals surface area contributed by atoms with Gasteiger partial charge in [-0.15, -0.1) is 6.58 Å². The zero-order valence-electron chi connectivity index (χ0n) is 6.75. The van der Waals surface area contributed by atoms with Crippen molar-refractivity contribution in [3.63, 3.8) is 0 Å². The van der Waals surface area contributed by atoms with Crippen LogP contribution in [0, 0.1) is 5.92 Å². The lowest BCUT2D eigenvalue weighted by Gasteiger charge is -2.27. The highest BCUT2D eigenvalue weighted by Gasteiger charge is 2.20. The molecule has 1 heterocycles. The Labute approximate surface area is 67.6 Å². The minimum atomic E-state index is 0.204. The van der Waals surface area contributed by atoms with Crippen molar-refractivity contribution in [3.05, 3.63) is 12.7 Å². The van der Waals surface area contributed by atoms with Crippen molar-refractivity contribution >= 4 is 0 Å². The molecule has 0 spiro atoms. The second-order valence-corrected chi connectivity index (χ2v) is 2.91. The second-order valence-electron chi connectivity index (χ2n) is 2.91. The summed E-state index contributed by atoms with van der Waals surface area (Å²) in [5, 5.41) is 0. The molecule has 0 aromatic heterocycles. The van der Waals surface area contributed by atoms with Gasteiger partial charge in [-0.05, 0) is 12.8 Å². The van der Waals surface area contributed by atoms with Crippen molar-refractivity contribution in [3.8, 4) is 0 Å². The minimum absolute atomic E-state index is 0.204. The lowest BCUT2D eigenvalue weighted by Crippen LogP contribution is -2.42. The van der Waals surface area contributed by atoms with Gasteiger partial charge >= 0.3 is 0 Å². The second kappa shape index (κ2) is 4.49. The van der Waals surface area contributed by atoms with Crippen LogP contribution in [0.25, 0.3) is 0 Å². The van der Waals surface area contributed by atoms with Crippen LogP contribution >= 0.6 is 0 Å². The quantitative estimate of drug-likeness (QED) is 0.354. The number of hydrazine groups is 1. The summed E-state index contributed by atoms with van der Waals surface area (Å²) in [4.78, 5) is 0. The summed E-state index contributed by atoms with van der Waals surface area (Å²) in [6.07, 6.45) is 4.16. The molecule has 1 rings (SSSR count). The molecule has 3 heteroatoms. The predicted molar refractivity (Wildman–Crippen MR) is 44.9 cm³/mol. The Bertz CT molecular complexity index is 121. The van der Waals surface area contributed by atoms with E-state index in [1.807, 2.05) is 6.08 Å². The van der Waals surface area contributed by atoms with Gasteiger partial charge in [0.2, 0.25) is 0 Å². The van der Waals surface area contributed by atoms with E-state index in [0.29, 0.717) is 5.92 Å². The maximum Gasteiger partial charge on any atom is 0.0512 e. The van der Waals surface area contributed by atoms with Crippen molar-refractivity contribution in [2.45, 2.75) is 18.9 Å². The molecule has 0 aromatic carbocycles. The number of ether oxygens (including phenoxy) is 1. The average Bonchev–Trinajstić information content (AvgIpc) is 2.09. The summed E-state index contributed by atoms with van der Waals surface area (Å²) >= 11 is 0. The Balaban J connectivity index is 2.35. The molecular formula is C8H16N2O. The molecule has 1 aliphatic heterocycles. The first-order chi connectivity index (χ1) is 5.38. The van der Waals surface area contributed by atoms with Gasteiger partial charge in [0.05, 0.1) is 6.61 Å². The number of rotatable bonds is 3. The molecule has 0 radical (unpaired) electrons. The monoisotopic (exact) mass is 156 g/mol. The highest BCUT2D eigenvalue weighted by molar-refractivity contribution is 4.90. The summed E-state index contributed by atoms with van der Waals surface area (Å²) in [6, 6.07) is 0.204. The van der Waals surface area contributed by atoms with E-state index >= 15 is 0 Å². The first-order valence-corrected chi connectivity index (χ1v) is 4.05. The fourth-order valence-electron chi connectivity index (χ4n) is 1.45. The van der Waals surface area contributed by atoms with Gasteiger partial charge in [0.25, 0.3) is 0 Å². The Morgan fingerprint density at radius 2 is 2.55 bits per heavy atom. The summed E-state index contributed by atoms with van der Waals surface area (Å²) in [5.41, 5.74) is 2.72. The van der Waals surface area contributed by atoms with Gasteiger partial charge in [-0.2, -0.15) is 0 Å². The fourth-order valence-corrected chi connectivity index (χ4v) is 1.45. The van der Waals surface area contributed by atoms with Crippen LogP contribution < -0.4 is 11.3 Å². The molecule has 0 aliphatic carbocycles. The number of hydrogen-bond donors (Lipinski definition) is 2. The third kappa shape index (κ3) is 2.29. The topological polar surface area (TPSA) is 47.3 Å². The van der Waals surface area contributed by atoms with Crippen LogP contribution in [0.3, 0.4) is 0 Å². The molecule has 0 aromatic rings. The van der Waals surface area contributed by atoms with E-state index < -0.39 is 0 Å². The zero-order valence-corrected chi connectivity index (χ0v) is 6.75. The van der Waals surface area contributed by atoms with Crippen molar-refractivity contribution in [2.75, 3.05) is 13.2 Å². The molecule has 3 nitrogen and oxygen atoms in total. The Kier molecular flexibility index (Phi) is 3.56. The normalized spacial score (nSPS) is 27.9. The summed E-state index contributed by atoms with van der Waals surface area (Å²) in [5.74, 6) is 5.84. The van der Waals surface area contributed by atoms with Crippen LogP contribution in [0.1, 0.15) is 12.8 Å². The Morgan fingerprint density at radius 1 is 1.73 bits per heavy atom. The molecular weight excluding hydrogens is 140 g/mol. The van der Waals surface area contributed by atoms with Crippen molar-refractivity contribution in [1.29, 1.82) is 0 Å². The van der Waals surface area contributed by atoms with E-state index in [1.54, 1.807) is 0 Å². The Morgan fingerprint density at radius 3 is 3.00 bits per heavy atom. The average molecular weight is 156 g/mol. The highest BCUT2D eigenvalue weighted by Crippen LogP contribution is 2.17. The molecule has 1 aliphatic rings. The summed E-state index contributed by atoms with van der Waals surface area (Å²) in [7, 11) is 0. The van der Waals surface area contributed by atoms with Crippen molar-refractivity contribution in [2.24, 2.45) is 11.8 Å². The smallest absolute Gasteiger partial charge is 0.0512 e. The molecule has 1 saturated heterocycles. The largest absolute Gasteiger partial charge is 0.381 e. The molecule has 0 amide bonds. The van der Waals surface area contributed by atoms with Crippen LogP contribution in [0.4, 0.5) is 0 Å². The van der Waals surface area contributed by atoms with Gasteiger partial charge in [0, 0.05) is 18.6 Å². The van der Waals surface area contributed by atoms with E-state index in [1.165, 1.54) is 6.42 Å². The van der Waals surface area contributed by atoms with E-state index in [4.69, 9.17) is 10.6 Å². The first-order valence-electron chi connectivity index (χ1n) is 4.05. The summed E-state index contributed by atoms with van der Waals surface area (Å²) in [6.45, 7) is 5.41. The minimum Gasteiger partial charge on any atom is -0.381 e. The van der Waals surface area contributed by atoms with Crippen molar-refractivity contribution < 1.29 is 4.74 Å². The lowest BCUT2D eigenvalue weighted by molar-refractivity contribution is 0.0459. The molecule has 1 fully saturated rings. The van der Waals surface area contributed by atoms with Gasteiger partial charge in [-0.25, -0.2) is 0 Å². The number of hydrogen-bond acceptors (Lipinski definition) is 3. The van der Waals surface area contributed by atoms with Crippen LogP contribution in [-0.2, 0) is 4.74 Å². The maximum atomic E-state index is 5.34. The van der Waals surface area contributed by atoms with Crippen LogP contribution in [0.15, 0.2) is 12.7 Å². The highest BCUT2D eigenvalue weighted by atomic mass is 16.5. The fraction of sp³-hybridized carbons (Fsp3) is 0.750. The molecule has 2 atom stereocenters. The van der Waals surface area contributed by atoms with Gasteiger partial charge in [0.1, 0.15) is 0 Å². The van der Waals surface area contributed by atoms with Gasteiger partial charge < -0.3 is 4.74 Å². The molecule has 64 valence electrons. The zero-order chi connectivity index (χ0) is 8.10. The Hall–Kier alpha value is -0.380. The summed E-state index contributed by atoms with van der Waals surface area (Å²) < 4.78 is 5.32. The van der Waals surface area contributed by atoms with Gasteiger partial charge in [-0.1, -0.05) is 6.08 Å². The van der Waals surface area contributed by atoms with Crippen LogP contribution in [0.5, 0.6) is 0 Å². The van der Waals surface area contributed by atoms with E-state index in [-0.39, 0.29) is 6.04 Å². The number of nitrogens with two attached hydrogens (primary N) is 1. The number of nitrogens with one attached hydrogen (secondary N) is 1. The first kappa shape index (κ1) is 8.71. The van der Waals surface area contributed by atoms with Crippen molar-refractivity contribution in [1.82, 2.24) is 5.43 Å². The molecule has 2 unspecified atom stereocenters. The molecule has 0 bridgehead atoms. The molecule has 11 heavy (non-hydrogen) atoms. The maximum absolute atomic E-state index is 5.34. The SMILES string of the molecule is C=CC(NN)C1CCCOC1. The van der Waals surface area contributed by atoms with E-state index in [0.717, 1.165) is 19.6 Å². The molecule has 3 N–H and O–H groups in total.